The Morgan fingerprint density at radius 2 is 1.97 bits per heavy atom. The molecule has 2 aromatic rings. The van der Waals surface area contributed by atoms with Crippen LogP contribution in [-0.4, -0.2) is 51.9 Å². The van der Waals surface area contributed by atoms with Crippen molar-refractivity contribution in [1.82, 2.24) is 19.6 Å². The number of aromatic nitrogens is 2. The summed E-state index contributed by atoms with van der Waals surface area (Å²) in [5, 5.41) is 3.14. The zero-order valence-electron chi connectivity index (χ0n) is 18.3. The van der Waals surface area contributed by atoms with Crippen LogP contribution in [0.4, 0.5) is 4.39 Å². The normalized spacial score (nSPS) is 27.7. The number of fused-ring (bicyclic) bond motifs is 3. The van der Waals surface area contributed by atoms with Gasteiger partial charge in [0.05, 0.1) is 0 Å². The van der Waals surface area contributed by atoms with Crippen molar-refractivity contribution in [3.05, 3.63) is 35.8 Å². The quantitative estimate of drug-likeness (QED) is 0.811. The third-order valence-corrected chi connectivity index (χ3v) is 8.18. The van der Waals surface area contributed by atoms with Crippen LogP contribution in [0.2, 0.25) is 0 Å². The molecule has 3 aliphatic carbocycles. The Hall–Kier alpha value is -2.44. The van der Waals surface area contributed by atoms with Gasteiger partial charge >= 0.3 is 0 Å². The fraction of sp³-hybridized carbons (Fsp3) is 0.625. The average Bonchev–Trinajstić information content (AvgIpc) is 3.22. The van der Waals surface area contributed by atoms with Crippen LogP contribution in [0.3, 0.4) is 0 Å². The highest BCUT2D eigenvalue weighted by molar-refractivity contribution is 5.95. The molecule has 2 amide bonds. The Bertz CT molecular complexity index is 1010. The van der Waals surface area contributed by atoms with Crippen LogP contribution in [0, 0.1) is 23.2 Å². The molecule has 4 aliphatic rings. The predicted molar refractivity (Wildman–Crippen MR) is 116 cm³/mol. The lowest BCUT2D eigenvalue weighted by molar-refractivity contribution is -0.103. The SMILES string of the molecule is CC1(C)C2CCC(CNC(=O)c3cccc4nc(C(=O)N5CCC(F)CC5)cn34)C1C2. The number of nitrogens with one attached hydrogen (secondary N) is 1. The highest BCUT2D eigenvalue weighted by atomic mass is 19.1. The Labute approximate surface area is 182 Å². The van der Waals surface area contributed by atoms with Crippen molar-refractivity contribution in [2.75, 3.05) is 19.6 Å². The number of carbonyl (C=O) groups is 2. The van der Waals surface area contributed by atoms with Gasteiger partial charge < -0.3 is 10.2 Å². The molecule has 3 unspecified atom stereocenters. The summed E-state index contributed by atoms with van der Waals surface area (Å²) in [4.78, 5) is 31.9. The topological polar surface area (TPSA) is 66.7 Å². The first kappa shape index (κ1) is 20.5. The fourth-order valence-corrected chi connectivity index (χ4v) is 6.03. The number of amides is 2. The molecule has 1 N–H and O–H groups in total. The summed E-state index contributed by atoms with van der Waals surface area (Å²) in [5.41, 5.74) is 1.74. The monoisotopic (exact) mass is 426 g/mol. The predicted octanol–water partition coefficient (Wildman–Crippen LogP) is 3.71. The molecule has 3 atom stereocenters. The Morgan fingerprint density at radius 1 is 1.19 bits per heavy atom. The van der Waals surface area contributed by atoms with Gasteiger partial charge in [0.25, 0.3) is 11.8 Å². The van der Waals surface area contributed by atoms with Gasteiger partial charge in [-0.1, -0.05) is 19.9 Å². The minimum Gasteiger partial charge on any atom is -0.350 e. The van der Waals surface area contributed by atoms with E-state index in [0.29, 0.717) is 66.8 Å². The molecule has 3 saturated carbocycles. The molecule has 2 bridgehead atoms. The summed E-state index contributed by atoms with van der Waals surface area (Å²) >= 11 is 0. The van der Waals surface area contributed by atoms with Gasteiger partial charge in [0, 0.05) is 25.8 Å². The summed E-state index contributed by atoms with van der Waals surface area (Å²) in [7, 11) is 0. The van der Waals surface area contributed by atoms with E-state index in [2.05, 4.69) is 24.1 Å². The maximum atomic E-state index is 13.4. The van der Waals surface area contributed by atoms with Crippen molar-refractivity contribution in [3.63, 3.8) is 0 Å². The van der Waals surface area contributed by atoms with Gasteiger partial charge in [-0.05, 0) is 67.4 Å². The first-order chi connectivity index (χ1) is 14.8. The van der Waals surface area contributed by atoms with E-state index in [1.807, 2.05) is 0 Å². The van der Waals surface area contributed by atoms with Gasteiger partial charge in [-0.2, -0.15) is 0 Å². The zero-order valence-corrected chi connectivity index (χ0v) is 18.3. The second-order valence-corrected chi connectivity index (χ2v) is 10.1. The third kappa shape index (κ3) is 3.52. The Morgan fingerprint density at radius 3 is 2.68 bits per heavy atom. The van der Waals surface area contributed by atoms with Crippen LogP contribution in [0.5, 0.6) is 0 Å². The average molecular weight is 427 g/mol. The van der Waals surface area contributed by atoms with Crippen LogP contribution < -0.4 is 5.32 Å². The maximum Gasteiger partial charge on any atom is 0.274 e. The van der Waals surface area contributed by atoms with Crippen LogP contribution in [0.25, 0.3) is 5.65 Å². The molecule has 6 rings (SSSR count). The second-order valence-electron chi connectivity index (χ2n) is 10.1. The van der Waals surface area contributed by atoms with Crippen molar-refractivity contribution >= 4 is 17.5 Å². The molecule has 0 spiro atoms. The van der Waals surface area contributed by atoms with E-state index >= 15 is 0 Å². The number of carbonyl (C=O) groups excluding carboxylic acids is 2. The second kappa shape index (κ2) is 7.61. The first-order valence-corrected chi connectivity index (χ1v) is 11.5. The molecule has 2 aromatic heterocycles. The number of alkyl halides is 1. The number of nitrogens with zero attached hydrogens (tertiary/aromatic N) is 3. The Balaban J connectivity index is 1.29. The van der Waals surface area contributed by atoms with E-state index in [1.54, 1.807) is 33.7 Å². The molecular formula is C24H31FN4O2. The molecule has 31 heavy (non-hydrogen) atoms. The van der Waals surface area contributed by atoms with E-state index in [9.17, 15) is 14.0 Å². The highest BCUT2D eigenvalue weighted by Crippen LogP contribution is 2.61. The highest BCUT2D eigenvalue weighted by Gasteiger charge is 2.53. The summed E-state index contributed by atoms with van der Waals surface area (Å²) in [6.07, 6.45) is 5.26. The lowest BCUT2D eigenvalue weighted by Gasteiger charge is -2.60. The molecular weight excluding hydrogens is 395 g/mol. The van der Waals surface area contributed by atoms with Crippen LogP contribution >= 0.6 is 0 Å². The number of pyridine rings is 1. The minimum absolute atomic E-state index is 0.139. The minimum atomic E-state index is -0.832. The molecule has 1 saturated heterocycles. The third-order valence-electron chi connectivity index (χ3n) is 8.18. The summed E-state index contributed by atoms with van der Waals surface area (Å²) in [5.74, 6) is 1.72. The summed E-state index contributed by atoms with van der Waals surface area (Å²) in [6, 6.07) is 5.34. The Kier molecular flexibility index (Phi) is 5.02. The van der Waals surface area contributed by atoms with Crippen molar-refractivity contribution < 1.29 is 14.0 Å². The summed E-state index contributed by atoms with van der Waals surface area (Å²) in [6.45, 7) is 6.22. The number of hydrogen-bond acceptors (Lipinski definition) is 3. The molecule has 0 aromatic carbocycles. The molecule has 0 radical (unpaired) electrons. The number of piperidine rings is 1. The van der Waals surface area contributed by atoms with Gasteiger partial charge in [0.15, 0.2) is 0 Å². The van der Waals surface area contributed by atoms with Gasteiger partial charge in [0.2, 0.25) is 0 Å². The van der Waals surface area contributed by atoms with E-state index in [1.165, 1.54) is 19.3 Å². The van der Waals surface area contributed by atoms with Gasteiger partial charge in [0.1, 0.15) is 23.2 Å². The van der Waals surface area contributed by atoms with E-state index in [0.717, 1.165) is 5.92 Å². The lowest BCUT2D eigenvalue weighted by atomic mass is 9.45. The number of rotatable bonds is 4. The van der Waals surface area contributed by atoms with E-state index in [4.69, 9.17) is 0 Å². The standard InChI is InChI=1S/C24H31FN4O2/c1-24(2)16-7-6-15(18(24)12-16)13-26-22(30)20-4-3-5-21-27-19(14-29(20)21)23(31)28-10-8-17(25)9-11-28/h3-5,14-18H,6-13H2,1-2H3,(H,26,30). The number of imidazole rings is 1. The van der Waals surface area contributed by atoms with Crippen molar-refractivity contribution in [1.29, 1.82) is 0 Å². The molecule has 1 aliphatic heterocycles. The van der Waals surface area contributed by atoms with Crippen LogP contribution in [0.15, 0.2) is 24.4 Å². The van der Waals surface area contributed by atoms with E-state index in [-0.39, 0.29) is 11.8 Å². The van der Waals surface area contributed by atoms with E-state index < -0.39 is 6.17 Å². The van der Waals surface area contributed by atoms with Crippen LogP contribution in [-0.2, 0) is 0 Å². The lowest BCUT2D eigenvalue weighted by Crippen LogP contribution is -2.54. The number of halogens is 1. The number of hydrogen-bond donors (Lipinski definition) is 1. The van der Waals surface area contributed by atoms with Crippen molar-refractivity contribution in [2.45, 2.75) is 52.1 Å². The fourth-order valence-electron chi connectivity index (χ4n) is 6.03. The maximum absolute atomic E-state index is 13.4. The molecule has 7 heteroatoms. The zero-order chi connectivity index (χ0) is 21.8. The largest absolute Gasteiger partial charge is 0.350 e. The van der Waals surface area contributed by atoms with Crippen molar-refractivity contribution in [3.8, 4) is 0 Å². The first-order valence-electron chi connectivity index (χ1n) is 11.5. The number of likely N-dealkylation sites (tertiary alicyclic amines) is 1. The van der Waals surface area contributed by atoms with Gasteiger partial charge in [-0.3, -0.25) is 14.0 Å². The van der Waals surface area contributed by atoms with Gasteiger partial charge in [-0.25, -0.2) is 9.37 Å². The molecule has 4 fully saturated rings. The summed E-state index contributed by atoms with van der Waals surface area (Å²) < 4.78 is 15.1. The van der Waals surface area contributed by atoms with Gasteiger partial charge in [-0.15, -0.1) is 0 Å². The molecule has 3 heterocycles. The molecule has 6 nitrogen and oxygen atoms in total. The van der Waals surface area contributed by atoms with Crippen LogP contribution in [0.1, 0.15) is 66.9 Å². The van der Waals surface area contributed by atoms with Crippen molar-refractivity contribution in [2.24, 2.45) is 23.2 Å². The molecule has 166 valence electrons. The smallest absolute Gasteiger partial charge is 0.274 e.